The van der Waals surface area contributed by atoms with Crippen LogP contribution in [0.15, 0.2) is 90.4 Å². The van der Waals surface area contributed by atoms with E-state index < -0.39 is 0 Å². The van der Waals surface area contributed by atoms with Gasteiger partial charge in [-0.2, -0.15) is 0 Å². The minimum absolute atomic E-state index is 0.255. The Morgan fingerprint density at radius 3 is 2.64 bits per heavy atom. The third kappa shape index (κ3) is 4.02. The van der Waals surface area contributed by atoms with Gasteiger partial charge in [-0.3, -0.25) is 4.99 Å². The van der Waals surface area contributed by atoms with E-state index in [4.69, 9.17) is 15.5 Å². The number of hydrogen-bond acceptors (Lipinski definition) is 7. The summed E-state index contributed by atoms with van der Waals surface area (Å²) in [5.41, 5.74) is 10.5. The van der Waals surface area contributed by atoms with Gasteiger partial charge in [-0.1, -0.05) is 54.6 Å². The molecule has 1 aliphatic heterocycles. The summed E-state index contributed by atoms with van der Waals surface area (Å²) in [6.45, 7) is 3.10. The zero-order chi connectivity index (χ0) is 24.5. The summed E-state index contributed by atoms with van der Waals surface area (Å²) in [6, 6.07) is 24.4. The van der Waals surface area contributed by atoms with Crippen molar-refractivity contribution in [1.82, 2.24) is 19.5 Å². The Hall–Kier alpha value is -4.72. The van der Waals surface area contributed by atoms with Crippen LogP contribution in [0.2, 0.25) is 0 Å². The number of nitrogens with zero attached hydrogens (tertiary/aromatic N) is 6. The van der Waals surface area contributed by atoms with Crippen LogP contribution in [-0.2, 0) is 13.2 Å². The van der Waals surface area contributed by atoms with Crippen molar-refractivity contribution < 1.29 is 4.74 Å². The number of aryl methyl sites for hydroxylation is 1. The van der Waals surface area contributed by atoms with Crippen LogP contribution in [0.3, 0.4) is 0 Å². The van der Waals surface area contributed by atoms with Gasteiger partial charge in [0.1, 0.15) is 30.4 Å². The van der Waals surface area contributed by atoms with Crippen LogP contribution >= 0.6 is 0 Å². The molecular formula is C28H25N7O. The van der Waals surface area contributed by atoms with Gasteiger partial charge in [0.2, 0.25) is 0 Å². The van der Waals surface area contributed by atoms with Crippen LogP contribution in [0, 0.1) is 6.92 Å². The lowest BCUT2D eigenvalue weighted by Crippen LogP contribution is -2.45. The molecule has 0 saturated carbocycles. The van der Waals surface area contributed by atoms with Gasteiger partial charge in [0.05, 0.1) is 23.9 Å². The van der Waals surface area contributed by atoms with Crippen LogP contribution in [0.25, 0.3) is 17.4 Å². The average molecular weight is 476 g/mol. The summed E-state index contributed by atoms with van der Waals surface area (Å²) in [6.07, 6.45) is 5.11. The molecule has 5 aromatic rings. The fourth-order valence-electron chi connectivity index (χ4n) is 4.49. The van der Waals surface area contributed by atoms with Crippen LogP contribution < -0.4 is 25.9 Å². The second-order valence-electron chi connectivity index (χ2n) is 8.72. The second kappa shape index (κ2) is 9.14. The summed E-state index contributed by atoms with van der Waals surface area (Å²) in [7, 11) is 0. The predicted octanol–water partition coefficient (Wildman–Crippen LogP) is 3.20. The number of ether oxygens (including phenoxy) is 1. The third-order valence-electron chi connectivity index (χ3n) is 6.35. The topological polar surface area (TPSA) is 94.5 Å². The highest BCUT2D eigenvalue weighted by Crippen LogP contribution is 2.32. The van der Waals surface area contributed by atoms with Gasteiger partial charge in [-0.25, -0.2) is 15.0 Å². The first kappa shape index (κ1) is 21.8. The van der Waals surface area contributed by atoms with Crippen molar-refractivity contribution in [2.45, 2.75) is 26.2 Å². The molecule has 36 heavy (non-hydrogen) atoms. The number of rotatable bonds is 6. The minimum Gasteiger partial charge on any atom is -0.487 e. The Morgan fingerprint density at radius 2 is 1.75 bits per heavy atom. The molecule has 0 amide bonds. The second-order valence-corrected chi connectivity index (χ2v) is 8.72. The standard InChI is InChI=1S/C28H25N7O/c1-19-8-7-11-22-21(19)14-35(23-12-5-6-13-24(23)36-16-20-9-3-2-4-10-20)25(33-22)15-34-18-32-26-27(29)30-17-31-28(26)34/h2-14,17-18,25H,15-16H2,1H3,(H2,29,30,31). The van der Waals surface area contributed by atoms with Crippen molar-refractivity contribution in [2.75, 3.05) is 10.6 Å². The summed E-state index contributed by atoms with van der Waals surface area (Å²) in [5, 5.41) is 2.05. The number of benzene rings is 3. The first-order valence-corrected chi connectivity index (χ1v) is 11.8. The highest BCUT2D eigenvalue weighted by Gasteiger charge is 2.24. The quantitative estimate of drug-likeness (QED) is 0.405. The largest absolute Gasteiger partial charge is 0.487 e. The first-order valence-electron chi connectivity index (χ1n) is 11.8. The molecule has 0 saturated heterocycles. The highest BCUT2D eigenvalue weighted by atomic mass is 16.5. The Balaban J connectivity index is 1.42. The Labute approximate surface area is 208 Å². The van der Waals surface area contributed by atoms with Gasteiger partial charge in [0.15, 0.2) is 11.5 Å². The maximum atomic E-state index is 6.30. The molecule has 8 nitrogen and oxygen atoms in total. The molecule has 0 radical (unpaired) electrons. The van der Waals surface area contributed by atoms with E-state index in [2.05, 4.69) is 57.2 Å². The molecule has 0 bridgehead atoms. The van der Waals surface area contributed by atoms with E-state index in [0.717, 1.165) is 33.1 Å². The molecule has 2 aromatic heterocycles. The lowest BCUT2D eigenvalue weighted by atomic mass is 10.1. The molecule has 0 fully saturated rings. The van der Waals surface area contributed by atoms with E-state index in [1.807, 2.05) is 53.1 Å². The van der Waals surface area contributed by atoms with Crippen LogP contribution in [0.5, 0.6) is 5.75 Å². The van der Waals surface area contributed by atoms with E-state index >= 15 is 0 Å². The molecule has 3 heterocycles. The Bertz CT molecular complexity index is 1660. The number of fused-ring (bicyclic) bond motifs is 2. The lowest BCUT2D eigenvalue weighted by Gasteiger charge is -2.32. The van der Waals surface area contributed by atoms with Crippen LogP contribution in [0.4, 0.5) is 11.5 Å². The molecule has 1 unspecified atom stereocenters. The molecule has 2 N–H and O–H groups in total. The molecule has 0 spiro atoms. The zero-order valence-electron chi connectivity index (χ0n) is 19.8. The number of aromatic nitrogens is 4. The number of imidazole rings is 1. The number of hydrogen-bond donors (Lipinski definition) is 1. The van der Waals surface area contributed by atoms with Gasteiger partial charge < -0.3 is 19.9 Å². The molecule has 1 aliphatic rings. The smallest absolute Gasteiger partial charge is 0.165 e. The fraction of sp³-hybridized carbons (Fsp3) is 0.143. The molecule has 3 aromatic carbocycles. The van der Waals surface area contributed by atoms with Gasteiger partial charge >= 0.3 is 0 Å². The predicted molar refractivity (Wildman–Crippen MR) is 140 cm³/mol. The van der Waals surface area contributed by atoms with Crippen LogP contribution in [0.1, 0.15) is 11.1 Å². The van der Waals surface area contributed by atoms with Crippen molar-refractivity contribution in [1.29, 1.82) is 0 Å². The maximum Gasteiger partial charge on any atom is 0.165 e. The molecule has 178 valence electrons. The third-order valence-corrected chi connectivity index (χ3v) is 6.35. The van der Waals surface area contributed by atoms with Gasteiger partial charge in [0.25, 0.3) is 0 Å². The summed E-state index contributed by atoms with van der Waals surface area (Å²) in [5.74, 6) is 1.15. The minimum atomic E-state index is -0.255. The molecule has 0 aliphatic carbocycles. The SMILES string of the molecule is Cc1cccc2c1=CN(c1ccccc1OCc1ccccc1)C(Cn1cnc3c(N)ncnc31)N=2. The van der Waals surface area contributed by atoms with Gasteiger partial charge in [-0.15, -0.1) is 0 Å². The van der Waals surface area contributed by atoms with Crippen molar-refractivity contribution in [3.63, 3.8) is 0 Å². The summed E-state index contributed by atoms with van der Waals surface area (Å²) < 4.78 is 8.27. The Kier molecular flexibility index (Phi) is 5.53. The van der Waals surface area contributed by atoms with Crippen LogP contribution in [-0.4, -0.2) is 25.7 Å². The fourth-order valence-corrected chi connectivity index (χ4v) is 4.49. The Morgan fingerprint density at radius 1 is 0.917 bits per heavy atom. The van der Waals surface area contributed by atoms with Crippen molar-refractivity contribution in [2.24, 2.45) is 4.99 Å². The van der Waals surface area contributed by atoms with E-state index in [9.17, 15) is 0 Å². The van der Waals surface area contributed by atoms with E-state index in [1.54, 1.807) is 6.33 Å². The number of anilines is 2. The van der Waals surface area contributed by atoms with E-state index in [1.165, 1.54) is 6.33 Å². The van der Waals surface area contributed by atoms with Gasteiger partial charge in [0, 0.05) is 11.4 Å². The first-order chi connectivity index (χ1) is 17.7. The molecule has 1 atom stereocenters. The van der Waals surface area contributed by atoms with Crippen molar-refractivity contribution >= 4 is 28.9 Å². The average Bonchev–Trinajstić information content (AvgIpc) is 3.32. The van der Waals surface area contributed by atoms with E-state index in [0.29, 0.717) is 30.1 Å². The lowest BCUT2D eigenvalue weighted by molar-refractivity contribution is 0.306. The number of para-hydroxylation sites is 2. The van der Waals surface area contributed by atoms with Crippen molar-refractivity contribution in [3.05, 3.63) is 107 Å². The molecule has 8 heteroatoms. The monoisotopic (exact) mass is 475 g/mol. The zero-order valence-corrected chi connectivity index (χ0v) is 19.8. The molecular weight excluding hydrogens is 450 g/mol. The highest BCUT2D eigenvalue weighted by molar-refractivity contribution is 5.81. The van der Waals surface area contributed by atoms with E-state index in [-0.39, 0.29) is 6.17 Å². The van der Waals surface area contributed by atoms with Crippen molar-refractivity contribution in [3.8, 4) is 5.75 Å². The number of nitrogen functional groups attached to an aromatic ring is 1. The normalized spacial score (nSPS) is 14.7. The maximum absolute atomic E-state index is 6.30. The number of nitrogens with two attached hydrogens (primary N) is 1. The summed E-state index contributed by atoms with van der Waals surface area (Å²) in [4.78, 5) is 20.2. The van der Waals surface area contributed by atoms with Gasteiger partial charge in [-0.05, 0) is 36.2 Å². The summed E-state index contributed by atoms with van der Waals surface area (Å²) >= 11 is 0. The molecule has 6 rings (SSSR count).